The summed E-state index contributed by atoms with van der Waals surface area (Å²) in [5, 5.41) is 7.62. The molecule has 22 heavy (non-hydrogen) atoms. The number of anilines is 1. The van der Waals surface area contributed by atoms with Crippen molar-refractivity contribution in [3.05, 3.63) is 24.3 Å². The van der Waals surface area contributed by atoms with Crippen molar-refractivity contribution in [2.75, 3.05) is 5.32 Å². The normalized spacial score (nSPS) is 24.9. The number of amides is 1. The van der Waals surface area contributed by atoms with Gasteiger partial charge in [-0.2, -0.15) is 0 Å². The maximum Gasteiger partial charge on any atom is 0.310 e. The van der Waals surface area contributed by atoms with Gasteiger partial charge in [0.25, 0.3) is 5.91 Å². The molecule has 120 valence electrons. The van der Waals surface area contributed by atoms with Gasteiger partial charge in [0.2, 0.25) is 10.0 Å². The number of ether oxygens (including phenoxy) is 1. The van der Waals surface area contributed by atoms with Crippen molar-refractivity contribution in [2.45, 2.75) is 37.2 Å². The van der Waals surface area contributed by atoms with Crippen LogP contribution in [0.1, 0.15) is 26.7 Å². The number of sulfonamides is 1. The summed E-state index contributed by atoms with van der Waals surface area (Å²) in [5.74, 6) is -1.09. The van der Waals surface area contributed by atoms with E-state index < -0.39 is 21.5 Å². The second-order valence-electron chi connectivity index (χ2n) is 5.48. The summed E-state index contributed by atoms with van der Waals surface area (Å²) in [5.41, 5.74) is -0.814. The lowest BCUT2D eigenvalue weighted by molar-refractivity contribution is -0.155. The highest BCUT2D eigenvalue weighted by Crippen LogP contribution is 2.33. The number of hydrogen-bond acceptors (Lipinski definition) is 5. The Balaban J connectivity index is 2.11. The third-order valence-electron chi connectivity index (χ3n) is 3.71. The van der Waals surface area contributed by atoms with Crippen LogP contribution in [0.15, 0.2) is 29.2 Å². The van der Waals surface area contributed by atoms with Gasteiger partial charge in [0.15, 0.2) is 5.60 Å². The first-order valence-electron chi connectivity index (χ1n) is 6.83. The van der Waals surface area contributed by atoms with E-state index in [-0.39, 0.29) is 16.8 Å². The molecule has 3 N–H and O–H groups in total. The minimum Gasteiger partial charge on any atom is -0.449 e. The molecule has 1 aromatic carbocycles. The highest BCUT2D eigenvalue weighted by atomic mass is 32.2. The zero-order chi connectivity index (χ0) is 16.5. The van der Waals surface area contributed by atoms with E-state index in [9.17, 15) is 18.0 Å². The average molecular weight is 326 g/mol. The van der Waals surface area contributed by atoms with E-state index in [2.05, 4.69) is 5.32 Å². The molecule has 0 radical (unpaired) electrons. The fraction of sp³-hybridized carbons (Fsp3) is 0.429. The Kier molecular flexibility index (Phi) is 4.25. The summed E-state index contributed by atoms with van der Waals surface area (Å²) >= 11 is 0. The van der Waals surface area contributed by atoms with Gasteiger partial charge in [-0.15, -0.1) is 0 Å². The molecular weight excluding hydrogens is 308 g/mol. The van der Waals surface area contributed by atoms with E-state index in [4.69, 9.17) is 9.88 Å². The highest BCUT2D eigenvalue weighted by Gasteiger charge is 2.47. The van der Waals surface area contributed by atoms with Crippen molar-refractivity contribution in [3.63, 3.8) is 0 Å². The summed E-state index contributed by atoms with van der Waals surface area (Å²) in [7, 11) is -3.78. The van der Waals surface area contributed by atoms with Crippen molar-refractivity contribution in [1.82, 2.24) is 0 Å². The maximum absolute atomic E-state index is 12.3. The molecule has 0 bridgehead atoms. The molecule has 1 aliphatic rings. The molecule has 1 amide bonds. The molecule has 0 aliphatic carbocycles. The standard InChI is InChI=1S/C14H18N2O5S/c1-3-9-8-14(2,21-12(9)17)13(18)16-10-4-6-11(7-5-10)22(15,19)20/h4-7,9H,3,8H2,1-2H3,(H,16,18)(H2,15,19,20)/t9-,14-/m0/s1. The van der Waals surface area contributed by atoms with Gasteiger partial charge in [-0.05, 0) is 37.6 Å². The maximum atomic E-state index is 12.3. The number of carbonyl (C=O) groups excluding carboxylic acids is 2. The number of benzene rings is 1. The average Bonchev–Trinajstić information content (AvgIpc) is 2.74. The molecule has 7 nitrogen and oxygen atoms in total. The Labute approximate surface area is 128 Å². The lowest BCUT2D eigenvalue weighted by atomic mass is 9.93. The second kappa shape index (κ2) is 5.69. The van der Waals surface area contributed by atoms with Gasteiger partial charge in [0.1, 0.15) is 0 Å². The Morgan fingerprint density at radius 3 is 2.45 bits per heavy atom. The van der Waals surface area contributed by atoms with Gasteiger partial charge in [0, 0.05) is 12.1 Å². The van der Waals surface area contributed by atoms with E-state index in [1.165, 1.54) is 24.3 Å². The van der Waals surface area contributed by atoms with Gasteiger partial charge in [-0.25, -0.2) is 13.6 Å². The third-order valence-corrected chi connectivity index (χ3v) is 4.64. The minimum absolute atomic E-state index is 0.0462. The van der Waals surface area contributed by atoms with Gasteiger partial charge >= 0.3 is 5.97 Å². The number of primary sulfonamides is 1. The van der Waals surface area contributed by atoms with Crippen molar-refractivity contribution >= 4 is 27.6 Å². The summed E-state index contributed by atoms with van der Waals surface area (Å²) < 4.78 is 27.5. The molecule has 0 unspecified atom stereocenters. The Bertz CT molecular complexity index is 698. The number of esters is 1. The predicted octanol–water partition coefficient (Wildman–Crippen LogP) is 1.00. The molecule has 2 atom stereocenters. The first-order valence-corrected chi connectivity index (χ1v) is 8.37. The highest BCUT2D eigenvalue weighted by molar-refractivity contribution is 7.89. The molecule has 1 heterocycles. The van der Waals surface area contributed by atoms with Crippen LogP contribution in [0, 0.1) is 5.92 Å². The molecule has 8 heteroatoms. The number of carbonyl (C=O) groups is 2. The van der Waals surface area contributed by atoms with Gasteiger partial charge in [-0.1, -0.05) is 6.92 Å². The summed E-state index contributed by atoms with van der Waals surface area (Å²) in [6.45, 7) is 3.43. The second-order valence-corrected chi connectivity index (χ2v) is 7.05. The summed E-state index contributed by atoms with van der Waals surface area (Å²) in [4.78, 5) is 23.9. The van der Waals surface area contributed by atoms with Gasteiger partial charge in [0.05, 0.1) is 10.8 Å². The van der Waals surface area contributed by atoms with Crippen molar-refractivity contribution < 1.29 is 22.7 Å². The van der Waals surface area contributed by atoms with Crippen molar-refractivity contribution in [2.24, 2.45) is 11.1 Å². The molecule has 1 aliphatic heterocycles. The first-order chi connectivity index (χ1) is 10.2. The van der Waals surface area contributed by atoms with Crippen LogP contribution in [-0.2, 0) is 24.3 Å². The lowest BCUT2D eigenvalue weighted by Crippen LogP contribution is -2.39. The number of rotatable bonds is 4. The van der Waals surface area contributed by atoms with Crippen LogP contribution in [0.25, 0.3) is 0 Å². The van der Waals surface area contributed by atoms with Crippen LogP contribution in [0.2, 0.25) is 0 Å². The molecule has 1 fully saturated rings. The van der Waals surface area contributed by atoms with Crippen LogP contribution in [-0.4, -0.2) is 25.9 Å². The number of nitrogens with two attached hydrogens (primary N) is 1. The van der Waals surface area contributed by atoms with Crippen LogP contribution in [0.3, 0.4) is 0 Å². The van der Waals surface area contributed by atoms with Crippen LogP contribution in [0.4, 0.5) is 5.69 Å². The topological polar surface area (TPSA) is 116 Å². The van der Waals surface area contributed by atoms with E-state index >= 15 is 0 Å². The molecule has 0 aromatic heterocycles. The molecule has 1 saturated heterocycles. The summed E-state index contributed by atoms with van der Waals surface area (Å²) in [6.07, 6.45) is 0.939. The fourth-order valence-electron chi connectivity index (χ4n) is 2.34. The molecule has 2 rings (SSSR count). The van der Waals surface area contributed by atoms with E-state index in [1.807, 2.05) is 6.92 Å². The van der Waals surface area contributed by atoms with Crippen LogP contribution in [0.5, 0.6) is 0 Å². The number of cyclic esters (lactones) is 1. The van der Waals surface area contributed by atoms with E-state index in [0.717, 1.165) is 0 Å². The number of hydrogen-bond donors (Lipinski definition) is 2. The Morgan fingerprint density at radius 1 is 1.41 bits per heavy atom. The third kappa shape index (κ3) is 3.28. The SMILES string of the molecule is CC[C@H]1C[C@@](C)(C(=O)Nc2ccc(S(N)(=O)=O)cc2)OC1=O. The summed E-state index contributed by atoms with van der Waals surface area (Å²) in [6, 6.07) is 5.44. The Hall–Kier alpha value is -1.93. The van der Waals surface area contributed by atoms with Crippen LogP contribution >= 0.6 is 0 Å². The van der Waals surface area contributed by atoms with Crippen molar-refractivity contribution in [3.8, 4) is 0 Å². The molecule has 0 spiro atoms. The van der Waals surface area contributed by atoms with Gasteiger partial charge in [-0.3, -0.25) is 9.59 Å². The number of nitrogens with one attached hydrogen (secondary N) is 1. The van der Waals surface area contributed by atoms with Gasteiger partial charge < -0.3 is 10.1 Å². The van der Waals surface area contributed by atoms with E-state index in [1.54, 1.807) is 6.92 Å². The Morgan fingerprint density at radius 2 is 2.00 bits per heavy atom. The zero-order valence-corrected chi connectivity index (χ0v) is 13.1. The monoisotopic (exact) mass is 326 g/mol. The predicted molar refractivity (Wildman–Crippen MR) is 79.3 cm³/mol. The molecular formula is C14H18N2O5S. The quantitative estimate of drug-likeness (QED) is 0.801. The van der Waals surface area contributed by atoms with Crippen molar-refractivity contribution in [1.29, 1.82) is 0 Å². The largest absolute Gasteiger partial charge is 0.449 e. The zero-order valence-electron chi connectivity index (χ0n) is 12.3. The fourth-order valence-corrected chi connectivity index (χ4v) is 2.86. The van der Waals surface area contributed by atoms with E-state index in [0.29, 0.717) is 18.5 Å². The minimum atomic E-state index is -3.78. The van der Waals surface area contributed by atoms with Crippen LogP contribution < -0.4 is 10.5 Å². The molecule has 0 saturated carbocycles. The smallest absolute Gasteiger partial charge is 0.310 e. The lowest BCUT2D eigenvalue weighted by Gasteiger charge is -2.21. The first kappa shape index (κ1) is 16.4. The molecule has 1 aromatic rings.